The number of urea groups is 1. The van der Waals surface area contributed by atoms with Gasteiger partial charge in [-0.05, 0) is 31.0 Å². The van der Waals surface area contributed by atoms with E-state index in [2.05, 4.69) is 15.3 Å². The van der Waals surface area contributed by atoms with Crippen molar-refractivity contribution in [1.29, 1.82) is 0 Å². The molecule has 1 saturated heterocycles. The van der Waals surface area contributed by atoms with Crippen LogP contribution in [0.15, 0.2) is 42.6 Å². The fourth-order valence-electron chi connectivity index (χ4n) is 3.49. The van der Waals surface area contributed by atoms with Crippen LogP contribution in [0.5, 0.6) is 5.88 Å². The minimum absolute atomic E-state index is 0.108. The molecule has 152 valence electrons. The maximum Gasteiger partial charge on any atom is 0.321 e. The average molecular weight is 395 g/mol. The highest BCUT2D eigenvalue weighted by atomic mass is 16.5. The molecule has 0 atom stereocenters. The molecule has 0 unspecified atom stereocenters. The lowest BCUT2D eigenvalue weighted by Gasteiger charge is -2.31. The van der Waals surface area contributed by atoms with E-state index >= 15 is 0 Å². The fourth-order valence-corrected chi connectivity index (χ4v) is 3.49. The summed E-state index contributed by atoms with van der Waals surface area (Å²) in [5.41, 5.74) is 2.70. The number of rotatable bonds is 6. The minimum Gasteiger partial charge on any atom is -0.475 e. The van der Waals surface area contributed by atoms with Crippen LogP contribution in [0.1, 0.15) is 24.6 Å². The van der Waals surface area contributed by atoms with Crippen LogP contribution in [0.3, 0.4) is 0 Å². The predicted molar refractivity (Wildman–Crippen MR) is 110 cm³/mol. The first-order valence-electron chi connectivity index (χ1n) is 9.81. The fraction of sp³-hybridized carbons (Fsp3) is 0.381. The Morgan fingerprint density at radius 2 is 2.03 bits per heavy atom. The molecule has 2 aromatic heterocycles. The predicted octanol–water partition coefficient (Wildman–Crippen LogP) is 3.39. The summed E-state index contributed by atoms with van der Waals surface area (Å²) in [4.78, 5) is 26.7. The number of aromatic amines is 1. The lowest BCUT2D eigenvalue weighted by molar-refractivity contribution is 0.144. The van der Waals surface area contributed by atoms with Crippen molar-refractivity contribution in [2.24, 2.45) is 0 Å². The molecule has 4 rings (SSSR count). The number of piperidine rings is 1. The van der Waals surface area contributed by atoms with Crippen molar-refractivity contribution >= 4 is 22.8 Å². The van der Waals surface area contributed by atoms with E-state index in [9.17, 15) is 4.79 Å². The van der Waals surface area contributed by atoms with E-state index in [-0.39, 0.29) is 6.03 Å². The van der Waals surface area contributed by atoms with Gasteiger partial charge in [0, 0.05) is 32.2 Å². The molecule has 1 aliphatic rings. The number of amides is 2. The Labute approximate surface area is 169 Å². The molecule has 1 aliphatic heterocycles. The molecule has 2 amide bonds. The van der Waals surface area contributed by atoms with Gasteiger partial charge < -0.3 is 24.7 Å². The topological polar surface area (TPSA) is 92.4 Å². The maximum absolute atomic E-state index is 12.6. The molecule has 8 heteroatoms. The number of hydrogen-bond donors (Lipinski definition) is 2. The van der Waals surface area contributed by atoms with Gasteiger partial charge in [0.05, 0.1) is 29.5 Å². The summed E-state index contributed by atoms with van der Waals surface area (Å²) >= 11 is 0. The number of aromatic nitrogens is 3. The number of ether oxygens (including phenoxy) is 2. The molecule has 1 aromatic carbocycles. The number of para-hydroxylation sites is 2. The number of likely N-dealkylation sites (tertiary alicyclic amines) is 1. The molecule has 0 saturated carbocycles. The van der Waals surface area contributed by atoms with Crippen LogP contribution in [-0.4, -0.2) is 59.3 Å². The highest BCUT2D eigenvalue weighted by Gasteiger charge is 2.25. The first-order valence-corrected chi connectivity index (χ1v) is 9.81. The lowest BCUT2D eigenvalue weighted by Crippen LogP contribution is -2.40. The SMILES string of the molecule is COCCOc1ccc(NC(=O)N2CCC(c3nc4ccccc4[nH]3)CC2)cn1. The molecular formula is C21H25N5O3. The van der Waals surface area contributed by atoms with Crippen LogP contribution >= 0.6 is 0 Å². The second-order valence-corrected chi connectivity index (χ2v) is 7.06. The van der Waals surface area contributed by atoms with Gasteiger partial charge in [0.1, 0.15) is 12.4 Å². The number of hydrogen-bond acceptors (Lipinski definition) is 5. The highest BCUT2D eigenvalue weighted by molar-refractivity contribution is 5.89. The van der Waals surface area contributed by atoms with Gasteiger partial charge in [-0.3, -0.25) is 0 Å². The molecule has 29 heavy (non-hydrogen) atoms. The number of carbonyl (C=O) groups is 1. The highest BCUT2D eigenvalue weighted by Crippen LogP contribution is 2.28. The Bertz CT molecular complexity index is 915. The van der Waals surface area contributed by atoms with Gasteiger partial charge in [0.2, 0.25) is 5.88 Å². The average Bonchev–Trinajstić information content (AvgIpc) is 3.19. The van der Waals surface area contributed by atoms with E-state index in [4.69, 9.17) is 14.5 Å². The van der Waals surface area contributed by atoms with Crippen molar-refractivity contribution in [2.75, 3.05) is 38.7 Å². The normalized spacial score (nSPS) is 14.9. The van der Waals surface area contributed by atoms with Crippen molar-refractivity contribution < 1.29 is 14.3 Å². The zero-order valence-electron chi connectivity index (χ0n) is 16.4. The quantitative estimate of drug-likeness (QED) is 0.624. The van der Waals surface area contributed by atoms with E-state index in [0.29, 0.717) is 43.8 Å². The number of nitrogens with zero attached hydrogens (tertiary/aromatic N) is 3. The molecule has 0 aliphatic carbocycles. The summed E-state index contributed by atoms with van der Waals surface area (Å²) in [7, 11) is 1.62. The van der Waals surface area contributed by atoms with E-state index in [0.717, 1.165) is 29.7 Å². The summed E-state index contributed by atoms with van der Waals surface area (Å²) in [6, 6.07) is 11.5. The second kappa shape index (κ2) is 8.91. The summed E-state index contributed by atoms with van der Waals surface area (Å²) in [5.74, 6) is 1.86. The first kappa shape index (κ1) is 19.2. The molecule has 3 aromatic rings. The van der Waals surface area contributed by atoms with Gasteiger partial charge in [-0.15, -0.1) is 0 Å². The van der Waals surface area contributed by atoms with Crippen LogP contribution in [0.2, 0.25) is 0 Å². The maximum atomic E-state index is 12.6. The van der Waals surface area contributed by atoms with Gasteiger partial charge in [-0.2, -0.15) is 0 Å². The molecule has 2 N–H and O–H groups in total. The number of pyridine rings is 1. The Morgan fingerprint density at radius 1 is 1.21 bits per heavy atom. The molecule has 0 spiro atoms. The molecule has 0 radical (unpaired) electrons. The minimum atomic E-state index is -0.108. The smallest absolute Gasteiger partial charge is 0.321 e. The zero-order valence-corrected chi connectivity index (χ0v) is 16.4. The summed E-state index contributed by atoms with van der Waals surface area (Å²) < 4.78 is 10.4. The molecule has 8 nitrogen and oxygen atoms in total. The number of methoxy groups -OCH3 is 1. The van der Waals surface area contributed by atoms with Gasteiger partial charge >= 0.3 is 6.03 Å². The molecule has 3 heterocycles. The van der Waals surface area contributed by atoms with Gasteiger partial charge in [-0.25, -0.2) is 14.8 Å². The van der Waals surface area contributed by atoms with Crippen LogP contribution in [0.4, 0.5) is 10.5 Å². The molecule has 0 bridgehead atoms. The van der Waals surface area contributed by atoms with Crippen molar-refractivity contribution in [2.45, 2.75) is 18.8 Å². The van der Waals surface area contributed by atoms with Crippen LogP contribution < -0.4 is 10.1 Å². The number of H-pyrrole nitrogens is 1. The standard InChI is InChI=1S/C21H25N5O3/c1-28-12-13-29-19-7-6-16(14-22-19)23-21(27)26-10-8-15(9-11-26)20-24-17-4-2-3-5-18(17)25-20/h2-7,14-15H,8-13H2,1H3,(H,23,27)(H,24,25). The van der Waals surface area contributed by atoms with Crippen molar-refractivity contribution in [3.05, 3.63) is 48.4 Å². The van der Waals surface area contributed by atoms with E-state index in [1.165, 1.54) is 0 Å². The number of nitrogens with one attached hydrogen (secondary N) is 2. The lowest BCUT2D eigenvalue weighted by atomic mass is 9.96. The number of benzene rings is 1. The van der Waals surface area contributed by atoms with E-state index < -0.39 is 0 Å². The summed E-state index contributed by atoms with van der Waals surface area (Å²) in [6.45, 7) is 2.33. The summed E-state index contributed by atoms with van der Waals surface area (Å²) in [6.07, 6.45) is 3.37. The van der Waals surface area contributed by atoms with Crippen molar-refractivity contribution in [3.63, 3.8) is 0 Å². The Morgan fingerprint density at radius 3 is 2.76 bits per heavy atom. The summed E-state index contributed by atoms with van der Waals surface area (Å²) in [5, 5.41) is 2.90. The van der Waals surface area contributed by atoms with Crippen molar-refractivity contribution in [1.82, 2.24) is 19.9 Å². The number of imidazole rings is 1. The Hall–Kier alpha value is -3.13. The third-order valence-electron chi connectivity index (χ3n) is 5.10. The van der Waals surface area contributed by atoms with Crippen molar-refractivity contribution in [3.8, 4) is 5.88 Å². The van der Waals surface area contributed by atoms with Crippen LogP contribution in [0.25, 0.3) is 11.0 Å². The van der Waals surface area contributed by atoms with E-state index in [1.54, 1.807) is 25.4 Å². The second-order valence-electron chi connectivity index (χ2n) is 7.06. The van der Waals surface area contributed by atoms with Gasteiger partial charge in [0.25, 0.3) is 0 Å². The number of fused-ring (bicyclic) bond motifs is 1. The van der Waals surface area contributed by atoms with E-state index in [1.807, 2.05) is 29.2 Å². The molecular weight excluding hydrogens is 370 g/mol. The Kier molecular flexibility index (Phi) is 5.90. The third-order valence-corrected chi connectivity index (χ3v) is 5.10. The number of anilines is 1. The first-order chi connectivity index (χ1) is 14.2. The Balaban J connectivity index is 1.28. The van der Waals surface area contributed by atoms with Crippen LogP contribution in [-0.2, 0) is 4.74 Å². The third kappa shape index (κ3) is 4.65. The van der Waals surface area contributed by atoms with Gasteiger partial charge in [0.15, 0.2) is 0 Å². The monoisotopic (exact) mass is 395 g/mol. The van der Waals surface area contributed by atoms with Gasteiger partial charge in [-0.1, -0.05) is 12.1 Å². The number of carbonyl (C=O) groups excluding carboxylic acids is 1. The molecule has 1 fully saturated rings. The van der Waals surface area contributed by atoms with Crippen LogP contribution in [0, 0.1) is 0 Å². The largest absolute Gasteiger partial charge is 0.475 e. The zero-order chi connectivity index (χ0) is 20.1.